The van der Waals surface area contributed by atoms with Crippen molar-refractivity contribution in [3.05, 3.63) is 69.2 Å². The maximum Gasteiger partial charge on any atom is 0.0234 e. The molecule has 0 fully saturated rings. The molecule has 1 heterocycles. The van der Waals surface area contributed by atoms with Crippen molar-refractivity contribution < 1.29 is 0 Å². The Morgan fingerprint density at radius 1 is 1.05 bits per heavy atom. The van der Waals surface area contributed by atoms with Crippen molar-refractivity contribution in [2.45, 2.75) is 26.1 Å². The molecule has 0 aliphatic carbocycles. The monoisotopic (exact) mass is 344 g/mol. The van der Waals surface area contributed by atoms with Crippen molar-refractivity contribution in [3.8, 4) is 0 Å². The molecule has 3 heteroatoms. The van der Waals surface area contributed by atoms with Crippen LogP contribution in [0.3, 0.4) is 0 Å². The average molecular weight is 345 g/mol. The molecule has 2 aromatic rings. The van der Waals surface area contributed by atoms with Crippen LogP contribution in [-0.2, 0) is 26.1 Å². The summed E-state index contributed by atoms with van der Waals surface area (Å²) in [5.41, 5.74) is 5.71. The van der Waals surface area contributed by atoms with E-state index >= 15 is 0 Å². The van der Waals surface area contributed by atoms with Crippen LogP contribution in [0.25, 0.3) is 0 Å². The van der Waals surface area contributed by atoms with Crippen molar-refractivity contribution in [2.75, 3.05) is 13.6 Å². The largest absolute Gasteiger partial charge is 0.312 e. The van der Waals surface area contributed by atoms with Gasteiger partial charge in [-0.3, -0.25) is 4.90 Å². The van der Waals surface area contributed by atoms with Crippen LogP contribution in [0.15, 0.2) is 46.9 Å². The zero-order valence-corrected chi connectivity index (χ0v) is 14.0. The Balaban J connectivity index is 1.65. The molecule has 1 aliphatic rings. The van der Waals surface area contributed by atoms with Gasteiger partial charge in [0, 0.05) is 24.1 Å². The molecule has 3 rings (SSSR count). The molecule has 1 N–H and O–H groups in total. The van der Waals surface area contributed by atoms with Gasteiger partial charge in [0.1, 0.15) is 0 Å². The highest BCUT2D eigenvalue weighted by atomic mass is 79.9. The molecule has 2 nitrogen and oxygen atoms in total. The van der Waals surface area contributed by atoms with Gasteiger partial charge in [-0.1, -0.05) is 46.3 Å². The first-order valence-electron chi connectivity index (χ1n) is 7.45. The van der Waals surface area contributed by atoms with E-state index in [1.807, 2.05) is 0 Å². The number of fused-ring (bicyclic) bond motifs is 1. The van der Waals surface area contributed by atoms with Crippen LogP contribution in [0.5, 0.6) is 0 Å². The molecule has 0 unspecified atom stereocenters. The summed E-state index contributed by atoms with van der Waals surface area (Å²) in [5, 5.41) is 3.45. The minimum atomic E-state index is 0.967. The van der Waals surface area contributed by atoms with Crippen molar-refractivity contribution in [1.82, 2.24) is 10.2 Å². The number of halogens is 1. The molecule has 0 aromatic heterocycles. The van der Waals surface area contributed by atoms with Crippen molar-refractivity contribution >= 4 is 15.9 Å². The highest BCUT2D eigenvalue weighted by Crippen LogP contribution is 2.18. The summed E-state index contributed by atoms with van der Waals surface area (Å²) in [5.74, 6) is 0. The van der Waals surface area contributed by atoms with E-state index in [4.69, 9.17) is 0 Å². The minimum Gasteiger partial charge on any atom is -0.312 e. The maximum absolute atomic E-state index is 3.53. The van der Waals surface area contributed by atoms with Gasteiger partial charge in [-0.25, -0.2) is 0 Å². The Morgan fingerprint density at radius 2 is 1.86 bits per heavy atom. The fourth-order valence-corrected chi connectivity index (χ4v) is 3.39. The Hall–Kier alpha value is -1.16. The van der Waals surface area contributed by atoms with E-state index < -0.39 is 0 Å². The summed E-state index contributed by atoms with van der Waals surface area (Å²) < 4.78 is 1.15. The van der Waals surface area contributed by atoms with Gasteiger partial charge in [0.05, 0.1) is 0 Å². The Morgan fingerprint density at radius 3 is 2.67 bits per heavy atom. The molecule has 0 saturated carbocycles. The standard InChI is InChI=1S/C18H21BrN2/c1-21(12-14-3-2-4-18(19)10-14)13-15-5-6-16-7-8-20-11-17(16)9-15/h2-6,9-10,20H,7-8,11-13H2,1H3. The van der Waals surface area contributed by atoms with Gasteiger partial charge in [-0.2, -0.15) is 0 Å². The molecule has 0 bridgehead atoms. The van der Waals surface area contributed by atoms with E-state index in [-0.39, 0.29) is 0 Å². The summed E-state index contributed by atoms with van der Waals surface area (Å²) in [6.45, 7) is 4.07. The highest BCUT2D eigenvalue weighted by molar-refractivity contribution is 9.10. The number of benzene rings is 2. The van der Waals surface area contributed by atoms with E-state index in [1.54, 1.807) is 0 Å². The molecular formula is C18H21BrN2. The van der Waals surface area contributed by atoms with Gasteiger partial charge < -0.3 is 5.32 Å². The van der Waals surface area contributed by atoms with Gasteiger partial charge in [0.15, 0.2) is 0 Å². The predicted molar refractivity (Wildman–Crippen MR) is 91.2 cm³/mol. The average Bonchev–Trinajstić information content (AvgIpc) is 2.47. The number of hydrogen-bond donors (Lipinski definition) is 1. The minimum absolute atomic E-state index is 0.967. The van der Waals surface area contributed by atoms with E-state index in [0.717, 1.165) is 37.1 Å². The molecule has 0 spiro atoms. The molecular weight excluding hydrogens is 324 g/mol. The Bertz CT molecular complexity index is 624. The summed E-state index contributed by atoms with van der Waals surface area (Å²) in [6, 6.07) is 15.5. The Labute approximate surface area is 135 Å². The van der Waals surface area contributed by atoms with Crippen LogP contribution in [0.2, 0.25) is 0 Å². The highest BCUT2D eigenvalue weighted by Gasteiger charge is 2.10. The quantitative estimate of drug-likeness (QED) is 0.909. The number of hydrogen-bond acceptors (Lipinski definition) is 2. The lowest BCUT2D eigenvalue weighted by Crippen LogP contribution is -2.24. The van der Waals surface area contributed by atoms with E-state index in [0.29, 0.717) is 0 Å². The second-order valence-corrected chi connectivity index (χ2v) is 6.75. The number of nitrogens with zero attached hydrogens (tertiary/aromatic N) is 1. The smallest absolute Gasteiger partial charge is 0.0234 e. The molecule has 110 valence electrons. The third kappa shape index (κ3) is 3.94. The lowest BCUT2D eigenvalue weighted by molar-refractivity contribution is 0.319. The van der Waals surface area contributed by atoms with Crippen LogP contribution in [-0.4, -0.2) is 18.5 Å². The van der Waals surface area contributed by atoms with E-state index in [9.17, 15) is 0 Å². The SMILES string of the molecule is CN(Cc1cccc(Br)c1)Cc1ccc2c(c1)CNCC2. The molecule has 2 aromatic carbocycles. The molecule has 0 saturated heterocycles. The molecule has 0 atom stereocenters. The molecule has 0 radical (unpaired) electrons. The Kier molecular flexibility index (Phi) is 4.73. The summed E-state index contributed by atoms with van der Waals surface area (Å²) in [7, 11) is 2.18. The fourth-order valence-electron chi connectivity index (χ4n) is 2.95. The van der Waals surface area contributed by atoms with Crippen LogP contribution < -0.4 is 5.32 Å². The first kappa shape index (κ1) is 14.8. The summed E-state index contributed by atoms with van der Waals surface area (Å²) in [6.07, 6.45) is 1.16. The third-order valence-corrected chi connectivity index (χ3v) is 4.44. The molecule has 1 aliphatic heterocycles. The van der Waals surface area contributed by atoms with Gasteiger partial charge in [0.25, 0.3) is 0 Å². The predicted octanol–water partition coefficient (Wildman–Crippen LogP) is 3.73. The zero-order valence-electron chi connectivity index (χ0n) is 12.4. The van der Waals surface area contributed by atoms with Crippen molar-refractivity contribution in [2.24, 2.45) is 0 Å². The molecule has 21 heavy (non-hydrogen) atoms. The summed E-state index contributed by atoms with van der Waals surface area (Å²) in [4.78, 5) is 2.36. The maximum atomic E-state index is 3.53. The number of rotatable bonds is 4. The van der Waals surface area contributed by atoms with E-state index in [2.05, 4.69) is 75.7 Å². The van der Waals surface area contributed by atoms with Crippen LogP contribution >= 0.6 is 15.9 Å². The fraction of sp³-hybridized carbons (Fsp3) is 0.333. The van der Waals surface area contributed by atoms with Gasteiger partial charge in [-0.15, -0.1) is 0 Å². The third-order valence-electron chi connectivity index (χ3n) is 3.95. The first-order valence-corrected chi connectivity index (χ1v) is 8.24. The lowest BCUT2D eigenvalue weighted by Gasteiger charge is -2.21. The van der Waals surface area contributed by atoms with Crippen molar-refractivity contribution in [3.63, 3.8) is 0 Å². The second kappa shape index (κ2) is 6.73. The lowest BCUT2D eigenvalue weighted by atomic mass is 9.98. The number of nitrogens with one attached hydrogen (secondary N) is 1. The van der Waals surface area contributed by atoms with Crippen LogP contribution in [0, 0.1) is 0 Å². The molecule has 0 amide bonds. The van der Waals surface area contributed by atoms with Gasteiger partial charge in [0.2, 0.25) is 0 Å². The van der Waals surface area contributed by atoms with Gasteiger partial charge in [-0.05, 0) is 54.4 Å². The van der Waals surface area contributed by atoms with Gasteiger partial charge >= 0.3 is 0 Å². The summed E-state index contributed by atoms with van der Waals surface area (Å²) >= 11 is 3.53. The normalized spacial score (nSPS) is 14.2. The van der Waals surface area contributed by atoms with Crippen molar-refractivity contribution in [1.29, 1.82) is 0 Å². The van der Waals surface area contributed by atoms with Crippen LogP contribution in [0.1, 0.15) is 22.3 Å². The van der Waals surface area contributed by atoms with E-state index in [1.165, 1.54) is 22.3 Å². The topological polar surface area (TPSA) is 15.3 Å². The first-order chi connectivity index (χ1) is 10.2. The zero-order chi connectivity index (χ0) is 14.7. The second-order valence-electron chi connectivity index (χ2n) is 5.83. The van der Waals surface area contributed by atoms with Crippen LogP contribution in [0.4, 0.5) is 0 Å².